The van der Waals surface area contributed by atoms with E-state index in [1.54, 1.807) is 11.8 Å². The van der Waals surface area contributed by atoms with Crippen molar-refractivity contribution >= 4 is 23.0 Å². The monoisotopic (exact) mass is 323 g/mol. The molecule has 0 spiro atoms. The molecular weight excluding hydrogens is 298 g/mol. The van der Waals surface area contributed by atoms with Crippen LogP contribution < -0.4 is 16.0 Å². The van der Waals surface area contributed by atoms with Gasteiger partial charge >= 0.3 is 0 Å². The second-order valence-corrected chi connectivity index (χ2v) is 5.32. The molecule has 0 saturated carbocycles. The van der Waals surface area contributed by atoms with E-state index in [0.29, 0.717) is 12.2 Å². The van der Waals surface area contributed by atoms with Gasteiger partial charge in [0.2, 0.25) is 5.91 Å². The van der Waals surface area contributed by atoms with Gasteiger partial charge in [-0.2, -0.15) is 0 Å². The number of fused-ring (bicyclic) bond motifs is 2. The van der Waals surface area contributed by atoms with Crippen molar-refractivity contribution in [3.8, 4) is 0 Å². The average molecular weight is 323 g/mol. The van der Waals surface area contributed by atoms with Crippen LogP contribution in [0.15, 0.2) is 48.5 Å². The second-order valence-electron chi connectivity index (χ2n) is 5.32. The Kier molecular flexibility index (Phi) is 5.64. The number of hydrogen-bond donors (Lipinski definition) is 2. The first-order valence-electron chi connectivity index (χ1n) is 8.26. The zero-order valence-electron chi connectivity index (χ0n) is 14.8. The highest BCUT2D eigenvalue weighted by Gasteiger charge is 2.23. The predicted molar refractivity (Wildman–Crippen MR) is 101 cm³/mol. The molecule has 2 aromatic carbocycles. The number of hydrogen-bond acceptors (Lipinski definition) is 3. The van der Waals surface area contributed by atoms with E-state index >= 15 is 0 Å². The molecule has 0 saturated heterocycles. The number of para-hydroxylation sites is 1. The maximum atomic E-state index is 12.2. The molecule has 4 nitrogen and oxygen atoms in total. The zero-order chi connectivity index (χ0) is 17.7. The van der Waals surface area contributed by atoms with E-state index < -0.39 is 0 Å². The van der Waals surface area contributed by atoms with Gasteiger partial charge in [-0.05, 0) is 11.6 Å². The molecule has 0 radical (unpaired) electrons. The van der Waals surface area contributed by atoms with E-state index in [1.165, 1.54) is 0 Å². The predicted octanol–water partition coefficient (Wildman–Crippen LogP) is 3.58. The maximum Gasteiger partial charge on any atom is 0.224 e. The van der Waals surface area contributed by atoms with Crippen LogP contribution in [0.5, 0.6) is 0 Å². The number of anilines is 1. The Morgan fingerprint density at radius 3 is 2.25 bits per heavy atom. The molecule has 126 valence electrons. The Morgan fingerprint density at radius 1 is 1.04 bits per heavy atom. The van der Waals surface area contributed by atoms with Gasteiger partial charge in [0.1, 0.15) is 0 Å². The summed E-state index contributed by atoms with van der Waals surface area (Å²) in [6.07, 6.45) is 0. The number of benzene rings is 2. The number of nitrogens with zero attached hydrogens (tertiary/aromatic N) is 1. The van der Waals surface area contributed by atoms with Crippen molar-refractivity contribution in [1.29, 1.82) is 0 Å². The van der Waals surface area contributed by atoms with Crippen molar-refractivity contribution < 1.29 is 4.79 Å². The number of carbonyl (C=O) groups excluding carboxylic acids is 1. The molecule has 1 aliphatic rings. The van der Waals surface area contributed by atoms with Crippen LogP contribution in [-0.4, -0.2) is 13.0 Å². The summed E-state index contributed by atoms with van der Waals surface area (Å²) in [4.78, 5) is 14.0. The van der Waals surface area contributed by atoms with Crippen molar-refractivity contribution in [1.82, 2.24) is 5.32 Å². The Labute approximate surface area is 144 Å². The minimum atomic E-state index is 0.0122. The van der Waals surface area contributed by atoms with E-state index in [9.17, 15) is 4.79 Å². The van der Waals surface area contributed by atoms with Crippen LogP contribution in [0.4, 0.5) is 5.69 Å². The molecule has 0 atom stereocenters. The first-order valence-corrected chi connectivity index (χ1v) is 8.26. The normalized spacial score (nSPS) is 15.9. The molecule has 4 heteroatoms. The van der Waals surface area contributed by atoms with Crippen LogP contribution in [0.1, 0.15) is 37.5 Å². The molecule has 0 unspecified atom stereocenters. The maximum absolute atomic E-state index is 12.2. The third-order valence-corrected chi connectivity index (χ3v) is 4.00. The summed E-state index contributed by atoms with van der Waals surface area (Å²) in [6.45, 7) is 6.10. The van der Waals surface area contributed by atoms with Gasteiger partial charge in [0, 0.05) is 25.1 Å². The zero-order valence-corrected chi connectivity index (χ0v) is 14.8. The van der Waals surface area contributed by atoms with E-state index in [0.717, 1.165) is 28.1 Å². The Morgan fingerprint density at radius 2 is 1.62 bits per heavy atom. The van der Waals surface area contributed by atoms with Crippen molar-refractivity contribution in [2.24, 2.45) is 5.73 Å². The van der Waals surface area contributed by atoms with Crippen molar-refractivity contribution in [3.05, 3.63) is 65.2 Å². The fourth-order valence-corrected chi connectivity index (χ4v) is 2.93. The van der Waals surface area contributed by atoms with Crippen LogP contribution >= 0.6 is 0 Å². The highest BCUT2D eigenvalue weighted by Crippen LogP contribution is 2.34. The topological polar surface area (TPSA) is 58.4 Å². The molecule has 1 heterocycles. The first-order chi connectivity index (χ1) is 11.6. The fraction of sp³-hybridized carbons (Fsp3) is 0.250. The number of carbonyl (C=O) groups is 1. The summed E-state index contributed by atoms with van der Waals surface area (Å²) in [5.74, 6) is 0.0122. The summed E-state index contributed by atoms with van der Waals surface area (Å²) < 4.78 is 0. The average Bonchev–Trinajstić information content (AvgIpc) is 2.61. The van der Waals surface area contributed by atoms with Crippen LogP contribution in [0.25, 0.3) is 11.4 Å². The molecular formula is C20H25N3O. The van der Waals surface area contributed by atoms with Gasteiger partial charge in [0.05, 0.1) is 23.6 Å². The third kappa shape index (κ3) is 3.13. The molecule has 0 bridgehead atoms. The molecule has 1 amide bonds. The van der Waals surface area contributed by atoms with Gasteiger partial charge in [0.25, 0.3) is 0 Å². The third-order valence-electron chi connectivity index (χ3n) is 4.00. The Balaban J connectivity index is 0.00000100. The number of amides is 1. The number of rotatable bonds is 1. The first kappa shape index (κ1) is 17.6. The van der Waals surface area contributed by atoms with Crippen LogP contribution in [0.3, 0.4) is 0 Å². The van der Waals surface area contributed by atoms with Crippen LogP contribution in [-0.2, 0) is 11.3 Å². The lowest BCUT2D eigenvalue weighted by molar-refractivity contribution is -0.116. The summed E-state index contributed by atoms with van der Waals surface area (Å²) in [5, 5.41) is 3.19. The standard InChI is InChI=1S/C18H19N3O.C2H6/c1-12(22)21-11-13-7-3-4-8-14(13)17(19)18(20-2)15-9-5-6-10-16(15)21;1-2/h3-10,20H,11,19H2,1-2H3;1-2H3/b18-17-;. The van der Waals surface area contributed by atoms with E-state index in [4.69, 9.17) is 5.73 Å². The van der Waals surface area contributed by atoms with Crippen LogP contribution in [0.2, 0.25) is 0 Å². The second kappa shape index (κ2) is 7.68. The van der Waals surface area contributed by atoms with E-state index in [-0.39, 0.29) is 5.91 Å². The number of nitrogens with one attached hydrogen (secondary N) is 1. The van der Waals surface area contributed by atoms with Crippen molar-refractivity contribution in [3.63, 3.8) is 0 Å². The number of nitrogens with two attached hydrogens (primary N) is 1. The largest absolute Gasteiger partial charge is 0.397 e. The summed E-state index contributed by atoms with van der Waals surface area (Å²) in [5.41, 5.74) is 11.8. The molecule has 3 N–H and O–H groups in total. The van der Waals surface area contributed by atoms with E-state index in [2.05, 4.69) is 5.32 Å². The lowest BCUT2D eigenvalue weighted by Gasteiger charge is -2.29. The lowest BCUT2D eigenvalue weighted by Crippen LogP contribution is -2.31. The quantitative estimate of drug-likeness (QED) is 0.843. The molecule has 2 aromatic rings. The van der Waals surface area contributed by atoms with Gasteiger partial charge in [-0.25, -0.2) is 0 Å². The van der Waals surface area contributed by atoms with Gasteiger partial charge in [0.15, 0.2) is 0 Å². The molecule has 1 aliphatic heterocycles. The van der Waals surface area contributed by atoms with Gasteiger partial charge < -0.3 is 16.0 Å². The molecule has 3 rings (SSSR count). The highest BCUT2D eigenvalue weighted by atomic mass is 16.2. The lowest BCUT2D eigenvalue weighted by atomic mass is 9.96. The fourth-order valence-electron chi connectivity index (χ4n) is 2.93. The highest BCUT2D eigenvalue weighted by molar-refractivity contribution is 6.00. The Hall–Kier alpha value is -2.75. The smallest absolute Gasteiger partial charge is 0.224 e. The van der Waals surface area contributed by atoms with Crippen LogP contribution in [0, 0.1) is 0 Å². The van der Waals surface area contributed by atoms with Crippen molar-refractivity contribution in [2.75, 3.05) is 11.9 Å². The van der Waals surface area contributed by atoms with E-state index in [1.807, 2.05) is 69.4 Å². The molecule has 0 aromatic heterocycles. The minimum Gasteiger partial charge on any atom is -0.397 e. The molecule has 0 fully saturated rings. The van der Waals surface area contributed by atoms with Crippen molar-refractivity contribution in [2.45, 2.75) is 27.3 Å². The van der Waals surface area contributed by atoms with Gasteiger partial charge in [-0.3, -0.25) is 4.79 Å². The van der Waals surface area contributed by atoms with Gasteiger partial charge in [-0.15, -0.1) is 0 Å². The Bertz CT molecular complexity index is 765. The van der Waals surface area contributed by atoms with Gasteiger partial charge in [-0.1, -0.05) is 56.3 Å². The SMILES string of the molecule is CC.CN/C1=C(\N)c2ccccc2CN(C(C)=O)c2ccccc21. The minimum absolute atomic E-state index is 0.0122. The summed E-state index contributed by atoms with van der Waals surface area (Å²) in [7, 11) is 1.85. The summed E-state index contributed by atoms with van der Waals surface area (Å²) in [6, 6.07) is 15.8. The summed E-state index contributed by atoms with van der Waals surface area (Å²) >= 11 is 0. The molecule has 0 aliphatic carbocycles. The molecule has 24 heavy (non-hydrogen) atoms.